The van der Waals surface area contributed by atoms with Gasteiger partial charge in [0.1, 0.15) is 0 Å². The highest BCUT2D eigenvalue weighted by Gasteiger charge is 2.28. The molecule has 0 bridgehead atoms. The first-order valence-electron chi connectivity index (χ1n) is 6.50. The van der Waals surface area contributed by atoms with Crippen molar-refractivity contribution in [2.24, 2.45) is 0 Å². The van der Waals surface area contributed by atoms with E-state index >= 15 is 0 Å². The number of amides is 1. The largest absolute Gasteiger partial charge is 0.378 e. The number of rotatable bonds is 4. The van der Waals surface area contributed by atoms with Crippen LogP contribution >= 0.6 is 0 Å². The molecule has 0 aromatic heterocycles. The number of ether oxygens (including phenoxy) is 1. The summed E-state index contributed by atoms with van der Waals surface area (Å²) in [6.45, 7) is 1.63. The zero-order valence-corrected chi connectivity index (χ0v) is 10.5. The SMILES string of the molecule is CO[C@H]1CNCC1NC(=O)CC1=CCCCC1. The molecule has 0 saturated carbocycles. The Labute approximate surface area is 103 Å². The van der Waals surface area contributed by atoms with Crippen molar-refractivity contribution in [1.82, 2.24) is 10.6 Å². The highest BCUT2D eigenvalue weighted by atomic mass is 16.5. The lowest BCUT2D eigenvalue weighted by atomic mass is 9.97. The number of allylic oxidation sites excluding steroid dienone is 1. The second-order valence-corrected chi connectivity index (χ2v) is 4.89. The Bertz CT molecular complexity index is 302. The standard InChI is InChI=1S/C13H22N2O2/c1-17-12-9-14-8-11(12)15-13(16)7-10-5-3-2-4-6-10/h5,11-12,14H,2-4,6-9H2,1H3,(H,15,16)/t11?,12-/m0/s1. The van der Waals surface area contributed by atoms with E-state index in [2.05, 4.69) is 16.7 Å². The van der Waals surface area contributed by atoms with Crippen LogP contribution in [0, 0.1) is 0 Å². The summed E-state index contributed by atoms with van der Waals surface area (Å²) in [7, 11) is 1.69. The van der Waals surface area contributed by atoms with E-state index in [1.807, 2.05) is 0 Å². The summed E-state index contributed by atoms with van der Waals surface area (Å²) in [6, 6.07) is 0.122. The first-order valence-corrected chi connectivity index (χ1v) is 6.50. The quantitative estimate of drug-likeness (QED) is 0.718. The molecule has 1 fully saturated rings. The lowest BCUT2D eigenvalue weighted by molar-refractivity contribution is -0.121. The minimum absolute atomic E-state index is 0.110. The first kappa shape index (κ1) is 12.6. The third-order valence-corrected chi connectivity index (χ3v) is 3.58. The van der Waals surface area contributed by atoms with Crippen LogP contribution in [0.3, 0.4) is 0 Å². The molecular formula is C13H22N2O2. The number of hydrogen-bond acceptors (Lipinski definition) is 3. The summed E-state index contributed by atoms with van der Waals surface area (Å²) in [5, 5.41) is 6.29. The predicted molar refractivity (Wildman–Crippen MR) is 66.8 cm³/mol. The second-order valence-electron chi connectivity index (χ2n) is 4.89. The third kappa shape index (κ3) is 3.54. The Hall–Kier alpha value is -0.870. The van der Waals surface area contributed by atoms with E-state index in [1.54, 1.807) is 7.11 Å². The fraction of sp³-hybridized carbons (Fsp3) is 0.769. The third-order valence-electron chi connectivity index (χ3n) is 3.58. The van der Waals surface area contributed by atoms with E-state index in [4.69, 9.17) is 4.74 Å². The van der Waals surface area contributed by atoms with E-state index in [1.165, 1.54) is 18.4 Å². The monoisotopic (exact) mass is 238 g/mol. The van der Waals surface area contributed by atoms with Gasteiger partial charge in [-0.05, 0) is 25.7 Å². The molecule has 2 N–H and O–H groups in total. The highest BCUT2D eigenvalue weighted by molar-refractivity contribution is 5.79. The minimum atomic E-state index is 0.110. The van der Waals surface area contributed by atoms with Gasteiger partial charge in [0.05, 0.1) is 12.1 Å². The van der Waals surface area contributed by atoms with Crippen LogP contribution in [0.5, 0.6) is 0 Å². The molecule has 1 unspecified atom stereocenters. The molecule has 2 aliphatic rings. The Morgan fingerprint density at radius 1 is 1.53 bits per heavy atom. The second kappa shape index (κ2) is 6.17. The van der Waals surface area contributed by atoms with Gasteiger partial charge in [-0.15, -0.1) is 0 Å². The summed E-state index contributed by atoms with van der Waals surface area (Å²) in [4.78, 5) is 11.9. The maximum Gasteiger partial charge on any atom is 0.224 e. The van der Waals surface area contributed by atoms with Crippen molar-refractivity contribution >= 4 is 5.91 Å². The first-order chi connectivity index (χ1) is 8.29. The predicted octanol–water partition coefficient (Wildman–Crippen LogP) is 0.980. The van der Waals surface area contributed by atoms with Gasteiger partial charge >= 0.3 is 0 Å². The van der Waals surface area contributed by atoms with Crippen molar-refractivity contribution < 1.29 is 9.53 Å². The molecular weight excluding hydrogens is 216 g/mol. The van der Waals surface area contributed by atoms with Gasteiger partial charge in [-0.2, -0.15) is 0 Å². The fourth-order valence-corrected chi connectivity index (χ4v) is 2.58. The lowest BCUT2D eigenvalue weighted by Gasteiger charge is -2.19. The maximum absolute atomic E-state index is 11.9. The molecule has 96 valence electrons. The molecule has 0 radical (unpaired) electrons. The van der Waals surface area contributed by atoms with Crippen LogP contribution in [-0.4, -0.2) is 38.3 Å². The van der Waals surface area contributed by atoms with Crippen molar-refractivity contribution in [2.75, 3.05) is 20.2 Å². The van der Waals surface area contributed by atoms with Crippen LogP contribution in [0.1, 0.15) is 32.1 Å². The van der Waals surface area contributed by atoms with E-state index in [0.29, 0.717) is 6.42 Å². The molecule has 17 heavy (non-hydrogen) atoms. The summed E-state index contributed by atoms with van der Waals surface area (Å²) in [5.74, 6) is 0.133. The van der Waals surface area contributed by atoms with Gasteiger partial charge in [0.2, 0.25) is 5.91 Å². The molecule has 1 amide bonds. The maximum atomic E-state index is 11.9. The average Bonchev–Trinajstić information content (AvgIpc) is 2.77. The van der Waals surface area contributed by atoms with Gasteiger partial charge in [-0.3, -0.25) is 4.79 Å². The summed E-state index contributed by atoms with van der Waals surface area (Å²) in [5.41, 5.74) is 1.30. The van der Waals surface area contributed by atoms with Crippen LogP contribution in [0.4, 0.5) is 0 Å². The van der Waals surface area contributed by atoms with Crippen LogP contribution in [0.2, 0.25) is 0 Å². The molecule has 4 nitrogen and oxygen atoms in total. The summed E-state index contributed by atoms with van der Waals surface area (Å²) >= 11 is 0. The smallest absolute Gasteiger partial charge is 0.224 e. The number of nitrogens with one attached hydrogen (secondary N) is 2. The van der Waals surface area contributed by atoms with Crippen molar-refractivity contribution in [3.05, 3.63) is 11.6 Å². The number of methoxy groups -OCH3 is 1. The summed E-state index contributed by atoms with van der Waals surface area (Å²) < 4.78 is 5.32. The van der Waals surface area contributed by atoms with Gasteiger partial charge < -0.3 is 15.4 Å². The molecule has 4 heteroatoms. The van der Waals surface area contributed by atoms with E-state index in [-0.39, 0.29) is 18.1 Å². The summed E-state index contributed by atoms with van der Waals surface area (Å²) in [6.07, 6.45) is 7.61. The minimum Gasteiger partial charge on any atom is -0.378 e. The zero-order chi connectivity index (χ0) is 12.1. The van der Waals surface area contributed by atoms with Gasteiger partial charge in [-0.1, -0.05) is 11.6 Å². The molecule has 1 heterocycles. The average molecular weight is 238 g/mol. The Balaban J connectivity index is 1.78. The van der Waals surface area contributed by atoms with E-state index in [0.717, 1.165) is 25.9 Å². The normalized spacial score (nSPS) is 28.9. The van der Waals surface area contributed by atoms with Crippen LogP contribution in [0.15, 0.2) is 11.6 Å². The Morgan fingerprint density at radius 3 is 3.12 bits per heavy atom. The van der Waals surface area contributed by atoms with Crippen molar-refractivity contribution in [1.29, 1.82) is 0 Å². The van der Waals surface area contributed by atoms with Crippen LogP contribution < -0.4 is 10.6 Å². The van der Waals surface area contributed by atoms with E-state index < -0.39 is 0 Å². The molecule has 1 saturated heterocycles. The highest BCUT2D eigenvalue weighted by Crippen LogP contribution is 2.20. The van der Waals surface area contributed by atoms with Gasteiger partial charge in [0.15, 0.2) is 0 Å². The fourth-order valence-electron chi connectivity index (χ4n) is 2.58. The Morgan fingerprint density at radius 2 is 2.41 bits per heavy atom. The molecule has 2 atom stereocenters. The lowest BCUT2D eigenvalue weighted by Crippen LogP contribution is -2.43. The molecule has 1 aliphatic carbocycles. The van der Waals surface area contributed by atoms with Gasteiger partial charge in [-0.25, -0.2) is 0 Å². The van der Waals surface area contributed by atoms with Crippen molar-refractivity contribution in [2.45, 2.75) is 44.2 Å². The van der Waals surface area contributed by atoms with Gasteiger partial charge in [0, 0.05) is 26.6 Å². The van der Waals surface area contributed by atoms with Crippen molar-refractivity contribution in [3.8, 4) is 0 Å². The Kier molecular flexibility index (Phi) is 4.57. The molecule has 0 aromatic carbocycles. The molecule has 1 aliphatic heterocycles. The molecule has 2 rings (SSSR count). The molecule has 0 spiro atoms. The number of hydrogen-bond donors (Lipinski definition) is 2. The van der Waals surface area contributed by atoms with Crippen LogP contribution in [-0.2, 0) is 9.53 Å². The van der Waals surface area contributed by atoms with Crippen molar-refractivity contribution in [3.63, 3.8) is 0 Å². The topological polar surface area (TPSA) is 50.4 Å². The van der Waals surface area contributed by atoms with E-state index in [9.17, 15) is 4.79 Å². The zero-order valence-electron chi connectivity index (χ0n) is 10.5. The van der Waals surface area contributed by atoms with Gasteiger partial charge in [0.25, 0.3) is 0 Å². The number of carbonyl (C=O) groups excluding carboxylic acids is 1. The van der Waals surface area contributed by atoms with Crippen LogP contribution in [0.25, 0.3) is 0 Å². The molecule has 0 aromatic rings. The number of carbonyl (C=O) groups is 1.